The molecular weight excluding hydrogens is 298 g/mol. The summed E-state index contributed by atoms with van der Waals surface area (Å²) in [6.45, 7) is 3.12. The first-order valence-electron chi connectivity index (χ1n) is 8.37. The van der Waals surface area contributed by atoms with Crippen LogP contribution in [0.15, 0.2) is 48.5 Å². The smallest absolute Gasteiger partial charge is 0.118 e. The van der Waals surface area contributed by atoms with Gasteiger partial charge in [-0.25, -0.2) is 0 Å². The van der Waals surface area contributed by atoms with Gasteiger partial charge in [0.2, 0.25) is 0 Å². The highest BCUT2D eigenvalue weighted by Crippen LogP contribution is 2.21. The van der Waals surface area contributed by atoms with E-state index in [-0.39, 0.29) is 0 Å². The van der Waals surface area contributed by atoms with Crippen molar-refractivity contribution in [3.05, 3.63) is 59.7 Å². The van der Waals surface area contributed by atoms with Crippen molar-refractivity contribution in [2.24, 2.45) is 0 Å². The van der Waals surface area contributed by atoms with Crippen LogP contribution in [0.2, 0.25) is 0 Å². The molecule has 0 aliphatic carbocycles. The fourth-order valence-corrected chi connectivity index (χ4v) is 2.82. The van der Waals surface area contributed by atoms with Crippen LogP contribution in [0.25, 0.3) is 0 Å². The van der Waals surface area contributed by atoms with Crippen molar-refractivity contribution in [1.29, 1.82) is 0 Å². The second kappa shape index (κ2) is 8.71. The molecule has 130 valence electrons. The molecule has 0 aliphatic heterocycles. The van der Waals surface area contributed by atoms with Crippen LogP contribution in [-0.4, -0.2) is 38.7 Å². The zero-order valence-corrected chi connectivity index (χ0v) is 15.1. The zero-order chi connectivity index (χ0) is 17.5. The summed E-state index contributed by atoms with van der Waals surface area (Å²) in [5, 5.41) is 3.65. The van der Waals surface area contributed by atoms with E-state index in [2.05, 4.69) is 55.5 Å². The number of ether oxygens (including phenoxy) is 1. The molecule has 0 fully saturated rings. The van der Waals surface area contributed by atoms with Gasteiger partial charge in [0.1, 0.15) is 5.75 Å². The van der Waals surface area contributed by atoms with Gasteiger partial charge in [0.15, 0.2) is 0 Å². The third-order valence-corrected chi connectivity index (χ3v) is 4.31. The molecule has 2 aromatic carbocycles. The highest BCUT2D eigenvalue weighted by Gasteiger charge is 2.15. The van der Waals surface area contributed by atoms with Crippen LogP contribution < -0.4 is 15.8 Å². The predicted molar refractivity (Wildman–Crippen MR) is 101 cm³/mol. The summed E-state index contributed by atoms with van der Waals surface area (Å²) in [5.41, 5.74) is 9.14. The minimum absolute atomic E-state index is 0.324. The summed E-state index contributed by atoms with van der Waals surface area (Å²) >= 11 is 0. The lowest BCUT2D eigenvalue weighted by Gasteiger charge is -2.27. The third-order valence-electron chi connectivity index (χ3n) is 4.31. The maximum absolute atomic E-state index is 5.74. The van der Waals surface area contributed by atoms with Crippen molar-refractivity contribution in [3.63, 3.8) is 0 Å². The Balaban J connectivity index is 1.93. The summed E-state index contributed by atoms with van der Waals surface area (Å²) in [6, 6.07) is 17.1. The van der Waals surface area contributed by atoms with Gasteiger partial charge in [-0.1, -0.05) is 24.3 Å². The number of methoxy groups -OCH3 is 1. The molecule has 0 amide bonds. The Morgan fingerprint density at radius 2 is 1.67 bits per heavy atom. The van der Waals surface area contributed by atoms with Crippen molar-refractivity contribution in [2.75, 3.05) is 33.5 Å². The molecule has 2 rings (SSSR count). The molecule has 0 radical (unpaired) electrons. The number of nitrogens with two attached hydrogens (primary N) is 1. The summed E-state index contributed by atoms with van der Waals surface area (Å²) in [7, 11) is 5.92. The van der Waals surface area contributed by atoms with E-state index >= 15 is 0 Å². The molecule has 0 saturated carbocycles. The van der Waals surface area contributed by atoms with E-state index in [0.29, 0.717) is 12.1 Å². The maximum Gasteiger partial charge on any atom is 0.118 e. The lowest BCUT2D eigenvalue weighted by Crippen LogP contribution is -2.36. The van der Waals surface area contributed by atoms with Gasteiger partial charge in [-0.15, -0.1) is 0 Å². The number of hydrogen-bond acceptors (Lipinski definition) is 4. The Kier molecular flexibility index (Phi) is 6.64. The Morgan fingerprint density at radius 3 is 2.21 bits per heavy atom. The molecule has 2 aromatic rings. The minimum Gasteiger partial charge on any atom is -0.497 e. The summed E-state index contributed by atoms with van der Waals surface area (Å²) in [5.74, 6) is 0.890. The van der Waals surface area contributed by atoms with Crippen LogP contribution >= 0.6 is 0 Å². The van der Waals surface area contributed by atoms with Gasteiger partial charge >= 0.3 is 0 Å². The molecule has 0 saturated heterocycles. The third kappa shape index (κ3) is 5.25. The van der Waals surface area contributed by atoms with E-state index in [0.717, 1.165) is 24.4 Å². The van der Waals surface area contributed by atoms with Crippen molar-refractivity contribution < 1.29 is 4.74 Å². The Morgan fingerprint density at radius 1 is 1.04 bits per heavy atom. The van der Waals surface area contributed by atoms with Crippen LogP contribution in [0.4, 0.5) is 5.69 Å². The first-order chi connectivity index (χ1) is 11.5. The Labute approximate surface area is 145 Å². The average Bonchev–Trinajstić information content (AvgIpc) is 2.57. The quantitative estimate of drug-likeness (QED) is 0.732. The van der Waals surface area contributed by atoms with Crippen LogP contribution in [-0.2, 0) is 6.42 Å². The van der Waals surface area contributed by atoms with E-state index in [1.54, 1.807) is 7.11 Å². The molecule has 3 N–H and O–H groups in total. The van der Waals surface area contributed by atoms with Crippen LogP contribution in [0.5, 0.6) is 5.75 Å². The Hall–Kier alpha value is -2.04. The largest absolute Gasteiger partial charge is 0.497 e. The van der Waals surface area contributed by atoms with E-state index in [1.807, 2.05) is 24.3 Å². The molecule has 2 unspecified atom stereocenters. The molecule has 4 nitrogen and oxygen atoms in total. The van der Waals surface area contributed by atoms with Gasteiger partial charge in [-0.3, -0.25) is 0 Å². The van der Waals surface area contributed by atoms with Crippen LogP contribution in [0, 0.1) is 0 Å². The minimum atomic E-state index is 0.324. The molecule has 4 heteroatoms. The Bertz CT molecular complexity index is 608. The molecule has 2 atom stereocenters. The van der Waals surface area contributed by atoms with Gasteiger partial charge in [0.25, 0.3) is 0 Å². The average molecular weight is 327 g/mol. The lowest BCUT2D eigenvalue weighted by atomic mass is 10.0. The normalized spacial score (nSPS) is 13.7. The standard InChI is InChI=1S/C20H29N3O/c1-15(13-16-5-9-18(21)10-6-16)22-14-20(23(2)3)17-7-11-19(24-4)12-8-17/h5-12,15,20,22H,13-14,21H2,1-4H3. The topological polar surface area (TPSA) is 50.5 Å². The van der Waals surface area contributed by atoms with Crippen molar-refractivity contribution >= 4 is 5.69 Å². The van der Waals surface area contributed by atoms with Gasteiger partial charge in [0.05, 0.1) is 7.11 Å². The van der Waals surface area contributed by atoms with Gasteiger partial charge in [0, 0.05) is 24.3 Å². The molecule has 0 bridgehead atoms. The van der Waals surface area contributed by atoms with E-state index in [1.165, 1.54) is 11.1 Å². The molecule has 0 aliphatic rings. The van der Waals surface area contributed by atoms with E-state index in [9.17, 15) is 0 Å². The monoisotopic (exact) mass is 327 g/mol. The number of rotatable bonds is 8. The first-order valence-corrected chi connectivity index (χ1v) is 8.37. The number of anilines is 1. The number of nitrogen functional groups attached to an aromatic ring is 1. The second-order valence-electron chi connectivity index (χ2n) is 6.51. The van der Waals surface area contributed by atoms with Gasteiger partial charge < -0.3 is 20.7 Å². The van der Waals surface area contributed by atoms with E-state index in [4.69, 9.17) is 10.5 Å². The molecular formula is C20H29N3O. The number of nitrogens with zero attached hydrogens (tertiary/aromatic N) is 1. The molecule has 0 heterocycles. The van der Waals surface area contributed by atoms with Gasteiger partial charge in [-0.05, 0) is 62.8 Å². The number of benzene rings is 2. The molecule has 0 aromatic heterocycles. The van der Waals surface area contributed by atoms with Crippen molar-refractivity contribution in [3.8, 4) is 5.75 Å². The first kappa shape index (κ1) is 18.3. The van der Waals surface area contributed by atoms with E-state index < -0.39 is 0 Å². The lowest BCUT2D eigenvalue weighted by molar-refractivity contribution is 0.280. The van der Waals surface area contributed by atoms with Gasteiger partial charge in [-0.2, -0.15) is 0 Å². The van der Waals surface area contributed by atoms with Crippen LogP contribution in [0.1, 0.15) is 24.1 Å². The number of likely N-dealkylation sites (N-methyl/N-ethyl adjacent to an activating group) is 1. The molecule has 24 heavy (non-hydrogen) atoms. The maximum atomic E-state index is 5.74. The number of nitrogens with one attached hydrogen (secondary N) is 1. The highest BCUT2D eigenvalue weighted by molar-refractivity contribution is 5.39. The highest BCUT2D eigenvalue weighted by atomic mass is 16.5. The molecule has 0 spiro atoms. The second-order valence-corrected chi connectivity index (χ2v) is 6.51. The zero-order valence-electron chi connectivity index (χ0n) is 15.1. The fraction of sp³-hybridized carbons (Fsp3) is 0.400. The SMILES string of the molecule is COc1ccc(C(CNC(C)Cc2ccc(N)cc2)N(C)C)cc1. The predicted octanol–water partition coefficient (Wildman–Crippen LogP) is 3.10. The summed E-state index contributed by atoms with van der Waals surface area (Å²) < 4.78 is 5.24. The summed E-state index contributed by atoms with van der Waals surface area (Å²) in [6.07, 6.45) is 0.989. The summed E-state index contributed by atoms with van der Waals surface area (Å²) in [4.78, 5) is 2.24. The van der Waals surface area contributed by atoms with Crippen molar-refractivity contribution in [1.82, 2.24) is 10.2 Å². The van der Waals surface area contributed by atoms with Crippen LogP contribution in [0.3, 0.4) is 0 Å². The van der Waals surface area contributed by atoms with Crippen molar-refractivity contribution in [2.45, 2.75) is 25.4 Å². The fourth-order valence-electron chi connectivity index (χ4n) is 2.82. The number of hydrogen-bond donors (Lipinski definition) is 2.